The van der Waals surface area contributed by atoms with E-state index in [1.807, 2.05) is 54.2 Å². The number of anilines is 1. The van der Waals surface area contributed by atoms with Crippen molar-refractivity contribution >= 4 is 32.6 Å². The third kappa shape index (κ3) is 4.99. The van der Waals surface area contributed by atoms with Gasteiger partial charge in [0.1, 0.15) is 11.3 Å². The molecule has 0 N–H and O–H groups in total. The van der Waals surface area contributed by atoms with Crippen LogP contribution < -0.4 is 9.64 Å². The molecule has 2 aromatic heterocycles. The van der Waals surface area contributed by atoms with Gasteiger partial charge in [-0.25, -0.2) is 4.98 Å². The van der Waals surface area contributed by atoms with Gasteiger partial charge in [-0.1, -0.05) is 55.5 Å². The number of hydrogen-bond donors (Lipinski definition) is 0. The summed E-state index contributed by atoms with van der Waals surface area (Å²) in [7, 11) is 0. The third-order valence-corrected chi connectivity index (χ3v) is 6.36. The molecule has 1 amide bonds. The lowest BCUT2D eigenvalue weighted by atomic mass is 10.0. The molecule has 2 heterocycles. The quantitative estimate of drug-likeness (QED) is 0.349. The average Bonchev–Trinajstić information content (AvgIpc) is 3.45. The lowest BCUT2D eigenvalue weighted by molar-refractivity contribution is -0.118. The molecule has 0 saturated heterocycles. The van der Waals surface area contributed by atoms with Crippen molar-refractivity contribution in [3.05, 3.63) is 72.1 Å². The molecule has 0 aliphatic rings. The van der Waals surface area contributed by atoms with Crippen LogP contribution in [0.25, 0.3) is 10.2 Å². The third-order valence-electron chi connectivity index (χ3n) is 5.32. The molecule has 4 rings (SSSR count). The second-order valence-electron chi connectivity index (χ2n) is 7.92. The highest BCUT2D eigenvalue weighted by Crippen LogP contribution is 2.34. The van der Waals surface area contributed by atoms with Crippen molar-refractivity contribution in [1.29, 1.82) is 0 Å². The Kier molecular flexibility index (Phi) is 6.85. The van der Waals surface area contributed by atoms with Gasteiger partial charge in [-0.05, 0) is 42.2 Å². The van der Waals surface area contributed by atoms with Crippen LogP contribution in [0, 0.1) is 0 Å². The molecule has 6 nitrogen and oxygen atoms in total. The number of rotatable bonds is 9. The molecule has 4 aromatic rings. The number of para-hydroxylation sites is 1. The SMILES string of the molecule is CCOc1cccc2sc(N(CCn3cccn3)C(=O)Cc3ccc(C(C)C)cc3)nc12. The van der Waals surface area contributed by atoms with E-state index in [4.69, 9.17) is 9.72 Å². The Hall–Kier alpha value is -3.19. The Morgan fingerprint density at radius 1 is 1.16 bits per heavy atom. The van der Waals surface area contributed by atoms with E-state index in [1.165, 1.54) is 16.9 Å². The summed E-state index contributed by atoms with van der Waals surface area (Å²) in [5, 5.41) is 4.96. The predicted molar refractivity (Wildman–Crippen MR) is 130 cm³/mol. The molecule has 0 bridgehead atoms. The maximum absolute atomic E-state index is 13.4. The van der Waals surface area contributed by atoms with Gasteiger partial charge in [0.25, 0.3) is 0 Å². The van der Waals surface area contributed by atoms with Gasteiger partial charge in [0.2, 0.25) is 5.91 Å². The number of hydrogen-bond acceptors (Lipinski definition) is 5. The van der Waals surface area contributed by atoms with Crippen molar-refractivity contribution in [2.24, 2.45) is 0 Å². The standard InChI is InChI=1S/C25H28N4O2S/c1-4-31-21-7-5-8-22-24(21)27-25(32-22)29(16-15-28-14-6-13-26-28)23(30)17-19-9-11-20(12-10-19)18(2)3/h5-14,18H,4,15-17H2,1-3H3. The van der Waals surface area contributed by atoms with Gasteiger partial charge in [0, 0.05) is 18.9 Å². The van der Waals surface area contributed by atoms with Crippen LogP contribution in [0.5, 0.6) is 5.75 Å². The van der Waals surface area contributed by atoms with E-state index in [0.29, 0.717) is 37.2 Å². The minimum Gasteiger partial charge on any atom is -0.492 e. The molecule has 0 radical (unpaired) electrons. The summed E-state index contributed by atoms with van der Waals surface area (Å²) in [4.78, 5) is 20.0. The number of thiazole rings is 1. The first-order valence-electron chi connectivity index (χ1n) is 10.9. The summed E-state index contributed by atoms with van der Waals surface area (Å²) in [6.45, 7) is 7.95. The van der Waals surface area contributed by atoms with E-state index in [1.54, 1.807) is 11.1 Å². The Labute approximate surface area is 192 Å². The summed E-state index contributed by atoms with van der Waals surface area (Å²) < 4.78 is 8.58. The van der Waals surface area contributed by atoms with E-state index in [2.05, 4.69) is 31.1 Å². The van der Waals surface area contributed by atoms with Crippen molar-refractivity contribution < 1.29 is 9.53 Å². The molecule has 166 valence electrons. The highest BCUT2D eigenvalue weighted by atomic mass is 32.1. The van der Waals surface area contributed by atoms with Crippen LogP contribution in [0.15, 0.2) is 60.9 Å². The van der Waals surface area contributed by atoms with Crippen LogP contribution in [-0.4, -0.2) is 33.8 Å². The zero-order chi connectivity index (χ0) is 22.5. The molecule has 7 heteroatoms. The van der Waals surface area contributed by atoms with Gasteiger partial charge in [0.05, 0.1) is 24.3 Å². The number of carbonyl (C=O) groups is 1. The fourth-order valence-electron chi connectivity index (χ4n) is 3.55. The summed E-state index contributed by atoms with van der Waals surface area (Å²) in [5.74, 6) is 1.23. The number of ether oxygens (including phenoxy) is 1. The van der Waals surface area contributed by atoms with Crippen molar-refractivity contribution in [3.8, 4) is 5.75 Å². The molecule has 0 spiro atoms. The summed E-state index contributed by atoms with van der Waals surface area (Å²) in [6, 6.07) is 16.1. The van der Waals surface area contributed by atoms with Gasteiger partial charge < -0.3 is 4.74 Å². The van der Waals surface area contributed by atoms with Gasteiger partial charge >= 0.3 is 0 Å². The largest absolute Gasteiger partial charge is 0.492 e. The van der Waals surface area contributed by atoms with Gasteiger partial charge in [-0.15, -0.1) is 0 Å². The van der Waals surface area contributed by atoms with E-state index in [-0.39, 0.29) is 5.91 Å². The van der Waals surface area contributed by atoms with Crippen LogP contribution in [0.4, 0.5) is 5.13 Å². The number of aromatic nitrogens is 3. The number of carbonyl (C=O) groups excluding carboxylic acids is 1. The van der Waals surface area contributed by atoms with Gasteiger partial charge in [-0.3, -0.25) is 14.4 Å². The fourth-order valence-corrected chi connectivity index (χ4v) is 4.58. The number of benzene rings is 2. The zero-order valence-electron chi connectivity index (χ0n) is 18.7. The molecule has 0 unspecified atom stereocenters. The second-order valence-corrected chi connectivity index (χ2v) is 8.93. The molecule has 2 aromatic carbocycles. The van der Waals surface area contributed by atoms with Gasteiger partial charge in [-0.2, -0.15) is 5.10 Å². The minimum absolute atomic E-state index is 0.0199. The minimum atomic E-state index is 0.0199. The zero-order valence-corrected chi connectivity index (χ0v) is 19.5. The highest BCUT2D eigenvalue weighted by Gasteiger charge is 2.21. The lowest BCUT2D eigenvalue weighted by Gasteiger charge is -2.20. The first-order chi connectivity index (χ1) is 15.5. The summed E-state index contributed by atoms with van der Waals surface area (Å²) in [6.07, 6.45) is 3.97. The lowest BCUT2D eigenvalue weighted by Crippen LogP contribution is -2.35. The maximum Gasteiger partial charge on any atom is 0.233 e. The van der Waals surface area contributed by atoms with Crippen LogP contribution in [0.2, 0.25) is 0 Å². The smallest absolute Gasteiger partial charge is 0.233 e. The molecule has 0 atom stereocenters. The van der Waals surface area contributed by atoms with Gasteiger partial charge in [0.15, 0.2) is 5.13 Å². The normalized spacial score (nSPS) is 11.2. The molecule has 0 saturated carbocycles. The van der Waals surface area contributed by atoms with Crippen molar-refractivity contribution in [2.75, 3.05) is 18.1 Å². The molecular formula is C25H28N4O2S. The topological polar surface area (TPSA) is 60.2 Å². The van der Waals surface area contributed by atoms with Crippen LogP contribution in [0.3, 0.4) is 0 Å². The fraction of sp³-hybridized carbons (Fsp3) is 0.320. The first-order valence-corrected chi connectivity index (χ1v) is 11.8. The Morgan fingerprint density at radius 3 is 2.66 bits per heavy atom. The average molecular weight is 449 g/mol. The number of nitrogens with zero attached hydrogens (tertiary/aromatic N) is 4. The van der Waals surface area contributed by atoms with Crippen molar-refractivity contribution in [3.63, 3.8) is 0 Å². The molecule has 0 aliphatic carbocycles. The predicted octanol–water partition coefficient (Wildman–Crippen LogP) is 5.29. The number of fused-ring (bicyclic) bond motifs is 1. The van der Waals surface area contributed by atoms with E-state index in [9.17, 15) is 4.79 Å². The number of amides is 1. The van der Waals surface area contributed by atoms with Crippen LogP contribution in [-0.2, 0) is 17.8 Å². The summed E-state index contributed by atoms with van der Waals surface area (Å²) >= 11 is 1.51. The van der Waals surface area contributed by atoms with Crippen molar-refractivity contribution in [2.45, 2.75) is 39.7 Å². The second kappa shape index (κ2) is 9.96. The van der Waals surface area contributed by atoms with E-state index < -0.39 is 0 Å². The maximum atomic E-state index is 13.4. The molecule has 32 heavy (non-hydrogen) atoms. The Morgan fingerprint density at radius 2 is 1.97 bits per heavy atom. The first kappa shape index (κ1) is 22.0. The molecule has 0 aliphatic heterocycles. The Bertz CT molecular complexity index is 1170. The van der Waals surface area contributed by atoms with Crippen molar-refractivity contribution in [1.82, 2.24) is 14.8 Å². The summed E-state index contributed by atoms with van der Waals surface area (Å²) in [5.41, 5.74) is 3.07. The molecule has 0 fully saturated rings. The van der Waals surface area contributed by atoms with E-state index >= 15 is 0 Å². The highest BCUT2D eigenvalue weighted by molar-refractivity contribution is 7.22. The monoisotopic (exact) mass is 448 g/mol. The van der Waals surface area contributed by atoms with Crippen LogP contribution >= 0.6 is 11.3 Å². The Balaban J connectivity index is 1.61. The van der Waals surface area contributed by atoms with Crippen LogP contribution in [0.1, 0.15) is 37.8 Å². The van der Waals surface area contributed by atoms with E-state index in [0.717, 1.165) is 21.5 Å². The molecular weight excluding hydrogens is 420 g/mol.